The number of aromatic nitrogens is 1. The summed E-state index contributed by atoms with van der Waals surface area (Å²) < 4.78 is 5.72. The van der Waals surface area contributed by atoms with Gasteiger partial charge >= 0.3 is 0 Å². The lowest BCUT2D eigenvalue weighted by Gasteiger charge is -2.23. The normalized spacial score (nSPS) is 16.9. The molecule has 0 aliphatic heterocycles. The van der Waals surface area contributed by atoms with Gasteiger partial charge in [-0.2, -0.15) is 0 Å². The Morgan fingerprint density at radius 1 is 1.38 bits per heavy atom. The molecule has 2 aromatic heterocycles. The van der Waals surface area contributed by atoms with Crippen LogP contribution in [0.5, 0.6) is 0 Å². The van der Waals surface area contributed by atoms with Crippen molar-refractivity contribution >= 4 is 28.6 Å². The molecule has 24 heavy (non-hydrogen) atoms. The van der Waals surface area contributed by atoms with Gasteiger partial charge in [-0.3, -0.25) is 4.79 Å². The van der Waals surface area contributed by atoms with E-state index in [9.17, 15) is 9.90 Å². The van der Waals surface area contributed by atoms with Crippen molar-refractivity contribution in [3.05, 3.63) is 28.6 Å². The number of hydrogen-bond donors (Lipinski definition) is 2. The maximum atomic E-state index is 12.1. The van der Waals surface area contributed by atoms with E-state index < -0.39 is 6.10 Å². The molecule has 3 rings (SSSR count). The van der Waals surface area contributed by atoms with Gasteiger partial charge in [0.25, 0.3) is 5.91 Å². The third-order valence-electron chi connectivity index (χ3n) is 4.04. The largest absolute Gasteiger partial charge is 0.389 e. The molecule has 0 bridgehead atoms. The predicted molar refractivity (Wildman–Crippen MR) is 96.6 cm³/mol. The van der Waals surface area contributed by atoms with Crippen LogP contribution < -0.4 is 5.32 Å². The van der Waals surface area contributed by atoms with E-state index in [1.807, 2.05) is 17.5 Å². The fraction of sp³-hybridized carbons (Fsp3) is 0.529. The number of amides is 1. The van der Waals surface area contributed by atoms with E-state index in [4.69, 9.17) is 4.74 Å². The van der Waals surface area contributed by atoms with Crippen LogP contribution in [-0.4, -0.2) is 41.4 Å². The smallest absolute Gasteiger partial charge is 0.270 e. The number of carbonyl (C=O) groups is 1. The van der Waals surface area contributed by atoms with Gasteiger partial charge in [0, 0.05) is 11.9 Å². The van der Waals surface area contributed by atoms with Crippen molar-refractivity contribution in [2.24, 2.45) is 0 Å². The lowest BCUT2D eigenvalue weighted by atomic mass is 9.98. The van der Waals surface area contributed by atoms with E-state index in [-0.39, 0.29) is 25.2 Å². The molecule has 1 amide bonds. The Hall–Kier alpha value is -1.28. The van der Waals surface area contributed by atoms with Crippen LogP contribution in [0.4, 0.5) is 0 Å². The van der Waals surface area contributed by atoms with Gasteiger partial charge in [-0.15, -0.1) is 22.7 Å². The number of thiophene rings is 1. The van der Waals surface area contributed by atoms with Crippen LogP contribution >= 0.6 is 22.7 Å². The van der Waals surface area contributed by atoms with Crippen molar-refractivity contribution < 1.29 is 14.6 Å². The summed E-state index contributed by atoms with van der Waals surface area (Å²) in [4.78, 5) is 17.5. The third kappa shape index (κ3) is 4.86. The molecule has 0 saturated heterocycles. The lowest BCUT2D eigenvalue weighted by Crippen LogP contribution is -2.35. The van der Waals surface area contributed by atoms with Crippen LogP contribution in [0.15, 0.2) is 22.9 Å². The highest BCUT2D eigenvalue weighted by Crippen LogP contribution is 2.27. The number of carbonyl (C=O) groups excluding carboxylic acids is 1. The van der Waals surface area contributed by atoms with Crippen molar-refractivity contribution in [1.82, 2.24) is 10.3 Å². The number of hydrogen-bond acceptors (Lipinski definition) is 6. The Kier molecular flexibility index (Phi) is 6.37. The number of ether oxygens (including phenoxy) is 1. The summed E-state index contributed by atoms with van der Waals surface area (Å²) in [7, 11) is 0. The molecular formula is C17H22N2O3S2. The Labute approximate surface area is 149 Å². The predicted octanol–water partition coefficient (Wildman–Crippen LogP) is 3.31. The second-order valence-corrected chi connectivity index (χ2v) is 7.78. The molecule has 1 fully saturated rings. The van der Waals surface area contributed by atoms with E-state index in [0.717, 1.165) is 22.7 Å². The molecule has 130 valence electrons. The van der Waals surface area contributed by atoms with Gasteiger partial charge < -0.3 is 15.2 Å². The number of nitrogens with one attached hydrogen (secondary N) is 1. The maximum absolute atomic E-state index is 12.1. The number of thiazole rings is 1. The highest BCUT2D eigenvalue weighted by atomic mass is 32.1. The molecule has 2 aromatic rings. The Morgan fingerprint density at radius 2 is 2.21 bits per heavy atom. The van der Waals surface area contributed by atoms with Crippen molar-refractivity contribution in [2.75, 3.05) is 13.2 Å². The molecular weight excluding hydrogens is 344 g/mol. The van der Waals surface area contributed by atoms with Gasteiger partial charge in [0.05, 0.1) is 23.7 Å². The minimum Gasteiger partial charge on any atom is -0.389 e. The summed E-state index contributed by atoms with van der Waals surface area (Å²) in [5.74, 6) is -0.259. The molecule has 1 atom stereocenters. The second-order valence-electron chi connectivity index (χ2n) is 5.97. The Balaban J connectivity index is 1.41. The first kappa shape index (κ1) is 17.5. The van der Waals surface area contributed by atoms with Crippen molar-refractivity contribution in [2.45, 2.75) is 44.3 Å². The average Bonchev–Trinajstić information content (AvgIpc) is 3.29. The second kappa shape index (κ2) is 8.71. The molecule has 2 heterocycles. The molecule has 1 saturated carbocycles. The monoisotopic (exact) mass is 366 g/mol. The summed E-state index contributed by atoms with van der Waals surface area (Å²) >= 11 is 3.05. The molecule has 1 aliphatic carbocycles. The average molecular weight is 367 g/mol. The number of rotatable bonds is 7. The zero-order chi connectivity index (χ0) is 16.8. The van der Waals surface area contributed by atoms with E-state index in [1.165, 1.54) is 30.6 Å². The molecule has 0 radical (unpaired) electrons. The molecule has 0 spiro atoms. The fourth-order valence-electron chi connectivity index (χ4n) is 2.73. The fourth-order valence-corrected chi connectivity index (χ4v) is 4.34. The minimum atomic E-state index is -0.689. The maximum Gasteiger partial charge on any atom is 0.270 e. The highest BCUT2D eigenvalue weighted by Gasteiger charge is 2.17. The Bertz CT molecular complexity index is 636. The van der Waals surface area contributed by atoms with E-state index in [1.54, 1.807) is 16.7 Å². The molecule has 0 aromatic carbocycles. The van der Waals surface area contributed by atoms with E-state index in [0.29, 0.717) is 5.69 Å². The van der Waals surface area contributed by atoms with Gasteiger partial charge in [-0.1, -0.05) is 25.3 Å². The van der Waals surface area contributed by atoms with E-state index >= 15 is 0 Å². The van der Waals surface area contributed by atoms with Crippen LogP contribution in [-0.2, 0) is 4.74 Å². The summed E-state index contributed by atoms with van der Waals surface area (Å²) in [6.07, 6.45) is 5.40. The third-order valence-corrected chi connectivity index (χ3v) is 5.92. The standard InChI is InChI=1S/C17H22N2O3S2/c20-12(10-22-13-5-2-1-3-6-13)9-18-16(21)14-11-24-17(19-14)15-7-4-8-23-15/h4,7-8,11-13,20H,1-3,5-6,9-10H2,(H,18,21)/t12-/m0/s1. The summed E-state index contributed by atoms with van der Waals surface area (Å²) in [6, 6.07) is 3.95. The number of nitrogens with zero attached hydrogens (tertiary/aromatic N) is 1. The van der Waals surface area contributed by atoms with Crippen molar-refractivity contribution in [1.29, 1.82) is 0 Å². The first-order valence-corrected chi connectivity index (χ1v) is 10.1. The quantitative estimate of drug-likeness (QED) is 0.789. The van der Waals surface area contributed by atoms with Crippen LogP contribution in [0.25, 0.3) is 9.88 Å². The van der Waals surface area contributed by atoms with Gasteiger partial charge in [-0.05, 0) is 24.3 Å². The van der Waals surface area contributed by atoms with E-state index in [2.05, 4.69) is 10.3 Å². The molecule has 2 N–H and O–H groups in total. The Morgan fingerprint density at radius 3 is 2.96 bits per heavy atom. The summed E-state index contributed by atoms with van der Waals surface area (Å²) in [5, 5.41) is 17.3. The molecule has 5 nitrogen and oxygen atoms in total. The van der Waals surface area contributed by atoms with Crippen LogP contribution in [0, 0.1) is 0 Å². The van der Waals surface area contributed by atoms with Gasteiger partial charge in [0.1, 0.15) is 10.7 Å². The summed E-state index contributed by atoms with van der Waals surface area (Å²) in [5.41, 5.74) is 0.392. The van der Waals surface area contributed by atoms with Gasteiger partial charge in [-0.25, -0.2) is 4.98 Å². The molecule has 1 aliphatic rings. The molecule has 7 heteroatoms. The van der Waals surface area contributed by atoms with Gasteiger partial charge in [0.15, 0.2) is 0 Å². The lowest BCUT2D eigenvalue weighted by molar-refractivity contribution is -0.0225. The first-order valence-electron chi connectivity index (χ1n) is 8.29. The molecule has 0 unspecified atom stereocenters. The number of aliphatic hydroxyl groups is 1. The topological polar surface area (TPSA) is 71.5 Å². The van der Waals surface area contributed by atoms with Gasteiger partial charge in [0.2, 0.25) is 0 Å². The van der Waals surface area contributed by atoms with Crippen LogP contribution in [0.2, 0.25) is 0 Å². The van der Waals surface area contributed by atoms with Crippen molar-refractivity contribution in [3.63, 3.8) is 0 Å². The summed E-state index contributed by atoms with van der Waals surface area (Å²) in [6.45, 7) is 0.444. The highest BCUT2D eigenvalue weighted by molar-refractivity contribution is 7.20. The van der Waals surface area contributed by atoms with Crippen molar-refractivity contribution in [3.8, 4) is 9.88 Å². The SMILES string of the molecule is O=C(NC[C@H](O)COC1CCCCC1)c1csc(-c2cccs2)n1. The first-order chi connectivity index (χ1) is 11.7. The zero-order valence-corrected chi connectivity index (χ0v) is 15.1. The number of aliphatic hydroxyl groups excluding tert-OH is 1. The van der Waals surface area contributed by atoms with Crippen LogP contribution in [0.1, 0.15) is 42.6 Å². The minimum absolute atomic E-state index is 0.178. The zero-order valence-electron chi connectivity index (χ0n) is 13.4. The van der Waals surface area contributed by atoms with Crippen LogP contribution in [0.3, 0.4) is 0 Å².